The molecule has 2 aliphatic heterocycles. The molecule has 0 radical (unpaired) electrons. The van der Waals surface area contributed by atoms with Gasteiger partial charge in [0, 0.05) is 55.3 Å². The number of piperazine rings is 1. The number of nitrogens with zero attached hydrogens (tertiary/aromatic N) is 4. The maximum atomic E-state index is 15.8. The maximum Gasteiger partial charge on any atom is 0.414 e. The molecule has 0 saturated carbocycles. The SMILES string of the molecule is C[C@@H]1CN(c2cc(F)c(-c3ccnc(OCC(C)(C)C)c3)cc2NC(=O)C2C=NC(=O)C=C2C(F)(F)F)C[C@H](C)N1C. The number of amides is 2. The molecule has 0 spiro atoms. The molecule has 1 saturated heterocycles. The van der Waals surface area contributed by atoms with Crippen molar-refractivity contribution < 1.29 is 31.9 Å². The van der Waals surface area contributed by atoms with Crippen LogP contribution in [0.15, 0.2) is 47.1 Å². The number of aliphatic imine (C=N–C) groups is 1. The minimum Gasteiger partial charge on any atom is -0.477 e. The van der Waals surface area contributed by atoms with E-state index in [0.717, 1.165) is 0 Å². The number of carbonyl (C=O) groups is 2. The van der Waals surface area contributed by atoms with Crippen LogP contribution in [0.2, 0.25) is 0 Å². The van der Waals surface area contributed by atoms with Gasteiger partial charge in [0.2, 0.25) is 11.8 Å². The van der Waals surface area contributed by atoms with E-state index in [2.05, 4.69) is 20.2 Å². The molecular formula is C30H35F4N5O3. The minimum absolute atomic E-state index is 0.0824. The molecule has 12 heteroatoms. The third kappa shape index (κ3) is 7.15. The van der Waals surface area contributed by atoms with Crippen molar-refractivity contribution in [2.75, 3.05) is 37.0 Å². The van der Waals surface area contributed by atoms with E-state index in [1.165, 1.54) is 18.3 Å². The van der Waals surface area contributed by atoms with Crippen molar-refractivity contribution in [1.82, 2.24) is 9.88 Å². The minimum atomic E-state index is -4.93. The first-order valence-electron chi connectivity index (χ1n) is 13.6. The third-order valence-electron chi connectivity index (χ3n) is 7.32. The topological polar surface area (TPSA) is 87.1 Å². The highest BCUT2D eigenvalue weighted by atomic mass is 19.4. The highest BCUT2D eigenvalue weighted by molar-refractivity contribution is 6.11. The predicted octanol–water partition coefficient (Wildman–Crippen LogP) is 5.50. The molecule has 1 unspecified atom stereocenters. The van der Waals surface area contributed by atoms with E-state index >= 15 is 4.39 Å². The summed E-state index contributed by atoms with van der Waals surface area (Å²) < 4.78 is 62.7. The molecule has 3 heterocycles. The standard InChI is InChI=1S/C30H35F4N5O3/c1-17-14-39(15-18(2)38(17)6)25-12-23(31)20(19-7-8-35-27(9-19)42-16-29(3,4)5)10-24(25)37-28(41)21-13-36-26(40)11-22(21)30(32,33)34/h7-13,17-18,21H,14-16H2,1-6H3,(H,37,41)/t17-,18+,21?. The second-order valence-electron chi connectivity index (χ2n) is 12.0. The molecule has 1 aromatic carbocycles. The number of anilines is 2. The van der Waals surface area contributed by atoms with Gasteiger partial charge in [0.15, 0.2) is 0 Å². The number of halogens is 4. The second kappa shape index (κ2) is 11.8. The molecule has 2 amide bonds. The number of alkyl halides is 3. The maximum absolute atomic E-state index is 15.8. The highest BCUT2D eigenvalue weighted by Crippen LogP contribution is 2.38. The number of benzene rings is 1. The lowest BCUT2D eigenvalue weighted by molar-refractivity contribution is -0.124. The predicted molar refractivity (Wildman–Crippen MR) is 153 cm³/mol. The van der Waals surface area contributed by atoms with Gasteiger partial charge in [-0.2, -0.15) is 13.2 Å². The second-order valence-corrected chi connectivity index (χ2v) is 12.0. The molecule has 2 aromatic rings. The van der Waals surface area contributed by atoms with E-state index < -0.39 is 35.3 Å². The number of pyridine rings is 1. The molecule has 1 N–H and O–H groups in total. The molecular weight excluding hydrogens is 554 g/mol. The van der Waals surface area contributed by atoms with Crippen molar-refractivity contribution in [3.05, 3.63) is 47.9 Å². The zero-order chi connectivity index (χ0) is 31.0. The monoisotopic (exact) mass is 589 g/mol. The Kier molecular flexibility index (Phi) is 8.77. The van der Waals surface area contributed by atoms with Crippen molar-refractivity contribution in [2.24, 2.45) is 16.3 Å². The Balaban J connectivity index is 1.75. The van der Waals surface area contributed by atoms with Gasteiger partial charge in [0.25, 0.3) is 5.91 Å². The van der Waals surface area contributed by atoms with Gasteiger partial charge in [-0.3, -0.25) is 14.5 Å². The Morgan fingerprint density at radius 1 is 1.12 bits per heavy atom. The summed E-state index contributed by atoms with van der Waals surface area (Å²) >= 11 is 0. The summed E-state index contributed by atoms with van der Waals surface area (Å²) in [5, 5.41) is 2.58. The number of nitrogens with one attached hydrogen (secondary N) is 1. The van der Waals surface area contributed by atoms with Gasteiger partial charge >= 0.3 is 6.18 Å². The van der Waals surface area contributed by atoms with E-state index in [0.29, 0.717) is 43.2 Å². The van der Waals surface area contributed by atoms with Gasteiger partial charge in [-0.1, -0.05) is 20.8 Å². The molecule has 226 valence electrons. The average molecular weight is 590 g/mol. The number of hydrogen-bond acceptors (Lipinski definition) is 6. The zero-order valence-corrected chi connectivity index (χ0v) is 24.4. The van der Waals surface area contributed by atoms with E-state index in [4.69, 9.17) is 4.74 Å². The smallest absolute Gasteiger partial charge is 0.414 e. The highest BCUT2D eigenvalue weighted by Gasteiger charge is 2.43. The number of carbonyl (C=O) groups excluding carboxylic acids is 2. The van der Waals surface area contributed by atoms with E-state index in [1.54, 1.807) is 12.1 Å². The first-order valence-corrected chi connectivity index (χ1v) is 13.6. The number of hydrogen-bond donors (Lipinski definition) is 1. The van der Waals surface area contributed by atoms with Gasteiger partial charge in [0.1, 0.15) is 11.7 Å². The van der Waals surface area contributed by atoms with Crippen LogP contribution in [-0.2, 0) is 9.59 Å². The van der Waals surface area contributed by atoms with Crippen LogP contribution < -0.4 is 15.0 Å². The lowest BCUT2D eigenvalue weighted by Gasteiger charge is -2.44. The van der Waals surface area contributed by atoms with E-state index in [9.17, 15) is 22.8 Å². The molecule has 3 atom stereocenters. The van der Waals surface area contributed by atoms with Gasteiger partial charge in [0.05, 0.1) is 23.6 Å². The Labute approximate surface area is 242 Å². The largest absolute Gasteiger partial charge is 0.477 e. The van der Waals surface area contributed by atoms with Crippen LogP contribution in [0.25, 0.3) is 11.1 Å². The van der Waals surface area contributed by atoms with Gasteiger partial charge < -0.3 is 15.0 Å². The summed E-state index contributed by atoms with van der Waals surface area (Å²) in [6.45, 7) is 11.4. The summed E-state index contributed by atoms with van der Waals surface area (Å²) in [6.07, 6.45) is -2.45. The molecule has 2 aliphatic rings. The fourth-order valence-corrected chi connectivity index (χ4v) is 4.86. The van der Waals surface area contributed by atoms with Crippen LogP contribution >= 0.6 is 0 Å². The average Bonchev–Trinajstić information content (AvgIpc) is 2.90. The molecule has 42 heavy (non-hydrogen) atoms. The van der Waals surface area contributed by atoms with Gasteiger partial charge in [-0.15, -0.1) is 0 Å². The van der Waals surface area contributed by atoms with Crippen molar-refractivity contribution in [1.29, 1.82) is 0 Å². The zero-order valence-electron chi connectivity index (χ0n) is 24.4. The summed E-state index contributed by atoms with van der Waals surface area (Å²) in [5.74, 6) is -4.31. The number of dihydropyridines is 1. The number of likely N-dealkylation sites (N-methyl/N-ethyl adjacent to an activating group) is 1. The van der Waals surface area contributed by atoms with Crippen LogP contribution in [0.1, 0.15) is 34.6 Å². The Bertz CT molecular complexity index is 1400. The molecule has 0 bridgehead atoms. The summed E-state index contributed by atoms with van der Waals surface area (Å²) in [4.78, 5) is 36.6. The Morgan fingerprint density at radius 2 is 1.79 bits per heavy atom. The number of ether oxygens (including phenoxy) is 1. The van der Waals surface area contributed by atoms with Crippen LogP contribution in [0.3, 0.4) is 0 Å². The molecule has 0 aliphatic carbocycles. The number of rotatable bonds is 6. The Morgan fingerprint density at radius 3 is 2.40 bits per heavy atom. The van der Waals surface area contributed by atoms with E-state index in [1.807, 2.05) is 46.6 Å². The van der Waals surface area contributed by atoms with Crippen molar-refractivity contribution >= 4 is 29.4 Å². The summed E-state index contributed by atoms with van der Waals surface area (Å²) in [5.41, 5.74) is -0.492. The van der Waals surface area contributed by atoms with Crippen molar-refractivity contribution in [3.8, 4) is 17.0 Å². The first kappa shape index (κ1) is 31.1. The van der Waals surface area contributed by atoms with E-state index in [-0.39, 0.29) is 34.6 Å². The van der Waals surface area contributed by atoms with Crippen LogP contribution in [0, 0.1) is 17.2 Å². The third-order valence-corrected chi connectivity index (χ3v) is 7.32. The molecule has 4 rings (SSSR count). The van der Waals surface area contributed by atoms with Gasteiger partial charge in [-0.05, 0) is 50.1 Å². The summed E-state index contributed by atoms with van der Waals surface area (Å²) in [7, 11) is 1.98. The molecule has 1 fully saturated rings. The number of aromatic nitrogens is 1. The van der Waals surface area contributed by atoms with Crippen molar-refractivity contribution in [2.45, 2.75) is 52.9 Å². The normalized spacial score (nSPS) is 21.8. The Hall–Kier alpha value is -3.80. The lowest BCUT2D eigenvalue weighted by Crippen LogP contribution is -2.55. The lowest BCUT2D eigenvalue weighted by atomic mass is 9.95. The fourth-order valence-electron chi connectivity index (χ4n) is 4.86. The fraction of sp³-hybridized carbons (Fsp3) is 0.467. The summed E-state index contributed by atoms with van der Waals surface area (Å²) in [6, 6.07) is 6.00. The first-order chi connectivity index (χ1) is 19.5. The van der Waals surface area contributed by atoms with Crippen LogP contribution in [-0.4, -0.2) is 72.9 Å². The molecule has 1 aromatic heterocycles. The quantitative estimate of drug-likeness (QED) is 0.448. The van der Waals surface area contributed by atoms with Crippen LogP contribution in [0.4, 0.5) is 28.9 Å². The van der Waals surface area contributed by atoms with Crippen molar-refractivity contribution in [3.63, 3.8) is 0 Å². The van der Waals surface area contributed by atoms with Gasteiger partial charge in [-0.25, -0.2) is 14.4 Å². The van der Waals surface area contributed by atoms with Crippen LogP contribution in [0.5, 0.6) is 5.88 Å². The molecule has 8 nitrogen and oxygen atoms in total.